The van der Waals surface area contributed by atoms with Gasteiger partial charge in [-0.25, -0.2) is 15.0 Å². The van der Waals surface area contributed by atoms with Crippen molar-refractivity contribution in [3.8, 4) is 17.3 Å². The number of hydrogen-bond acceptors (Lipinski definition) is 5. The Morgan fingerprint density at radius 2 is 1.90 bits per heavy atom. The highest BCUT2D eigenvalue weighted by Crippen LogP contribution is 2.19. The zero-order chi connectivity index (χ0) is 21.3. The Balaban J connectivity index is 0.00000341. The molecule has 2 heterocycles. The number of oxazole rings is 1. The standard InChI is InChI=1S/C23H29N5O2.HI/c1-5-24-23(26-13-18-8-11-21(25-12-18)30-16(2)3)27-14-20-15-29-22(28-20)19-9-6-17(4)7-10-19;/h6-12,15-16H,5,13-14H2,1-4H3,(H2,24,26,27);1H. The first-order chi connectivity index (χ1) is 14.5. The van der Waals surface area contributed by atoms with Crippen LogP contribution in [0.1, 0.15) is 37.6 Å². The van der Waals surface area contributed by atoms with Crippen molar-refractivity contribution in [2.24, 2.45) is 4.99 Å². The van der Waals surface area contributed by atoms with Crippen LogP contribution in [0, 0.1) is 6.92 Å². The summed E-state index contributed by atoms with van der Waals surface area (Å²) >= 11 is 0. The summed E-state index contributed by atoms with van der Waals surface area (Å²) in [4.78, 5) is 13.5. The van der Waals surface area contributed by atoms with Crippen molar-refractivity contribution < 1.29 is 9.15 Å². The van der Waals surface area contributed by atoms with Crippen LogP contribution in [0.3, 0.4) is 0 Å². The number of nitrogens with zero attached hydrogens (tertiary/aromatic N) is 3. The number of rotatable bonds is 8. The van der Waals surface area contributed by atoms with E-state index in [9.17, 15) is 0 Å². The Labute approximate surface area is 200 Å². The van der Waals surface area contributed by atoms with Crippen molar-refractivity contribution >= 4 is 29.9 Å². The van der Waals surface area contributed by atoms with Crippen molar-refractivity contribution in [1.82, 2.24) is 20.6 Å². The van der Waals surface area contributed by atoms with Gasteiger partial charge in [0.1, 0.15) is 6.26 Å². The number of guanidine groups is 1. The molecule has 0 saturated carbocycles. The van der Waals surface area contributed by atoms with Crippen molar-refractivity contribution in [3.05, 3.63) is 65.7 Å². The van der Waals surface area contributed by atoms with Gasteiger partial charge in [-0.05, 0) is 45.4 Å². The van der Waals surface area contributed by atoms with E-state index in [-0.39, 0.29) is 30.1 Å². The quantitative estimate of drug-likeness (QED) is 0.247. The van der Waals surface area contributed by atoms with Gasteiger partial charge >= 0.3 is 0 Å². The van der Waals surface area contributed by atoms with Crippen LogP contribution in [0.5, 0.6) is 5.88 Å². The molecule has 1 aromatic carbocycles. The van der Waals surface area contributed by atoms with E-state index in [1.54, 1.807) is 12.5 Å². The van der Waals surface area contributed by atoms with Crippen LogP contribution in [0.15, 0.2) is 58.3 Å². The molecule has 3 rings (SSSR count). The molecule has 166 valence electrons. The molecule has 7 nitrogen and oxygen atoms in total. The first kappa shape index (κ1) is 24.6. The number of aliphatic imine (C=N–C) groups is 1. The lowest BCUT2D eigenvalue weighted by Crippen LogP contribution is -2.36. The first-order valence-electron chi connectivity index (χ1n) is 10.2. The summed E-state index contributed by atoms with van der Waals surface area (Å²) < 4.78 is 11.2. The second kappa shape index (κ2) is 12.3. The average molecular weight is 535 g/mol. The third kappa shape index (κ3) is 7.86. The summed E-state index contributed by atoms with van der Waals surface area (Å²) in [7, 11) is 0. The molecule has 0 unspecified atom stereocenters. The van der Waals surface area contributed by atoms with E-state index in [1.165, 1.54) is 5.56 Å². The van der Waals surface area contributed by atoms with Crippen LogP contribution in [0.2, 0.25) is 0 Å². The molecule has 0 radical (unpaired) electrons. The maximum Gasteiger partial charge on any atom is 0.226 e. The van der Waals surface area contributed by atoms with Crippen LogP contribution in [0.4, 0.5) is 0 Å². The number of pyridine rings is 1. The molecular weight excluding hydrogens is 505 g/mol. The van der Waals surface area contributed by atoms with Crippen LogP contribution >= 0.6 is 24.0 Å². The zero-order valence-electron chi connectivity index (χ0n) is 18.4. The minimum Gasteiger partial charge on any atom is -0.475 e. The largest absolute Gasteiger partial charge is 0.475 e. The number of aryl methyl sites for hydroxylation is 1. The van der Waals surface area contributed by atoms with Crippen molar-refractivity contribution in [2.45, 2.75) is 46.9 Å². The Morgan fingerprint density at radius 1 is 1.13 bits per heavy atom. The topological polar surface area (TPSA) is 84.6 Å². The molecule has 3 aromatic rings. The second-order valence-corrected chi connectivity index (χ2v) is 7.23. The summed E-state index contributed by atoms with van der Waals surface area (Å²) in [6, 6.07) is 12.0. The van der Waals surface area contributed by atoms with Crippen LogP contribution in [-0.2, 0) is 13.1 Å². The number of nitrogens with one attached hydrogen (secondary N) is 2. The van der Waals surface area contributed by atoms with Gasteiger partial charge in [-0.3, -0.25) is 0 Å². The maximum absolute atomic E-state index is 5.62. The minimum atomic E-state index is 0. The summed E-state index contributed by atoms with van der Waals surface area (Å²) in [6.07, 6.45) is 3.56. The van der Waals surface area contributed by atoms with Gasteiger partial charge in [-0.15, -0.1) is 24.0 Å². The summed E-state index contributed by atoms with van der Waals surface area (Å²) in [5.74, 6) is 1.95. The van der Waals surface area contributed by atoms with Gasteiger partial charge in [0.15, 0.2) is 5.96 Å². The van der Waals surface area contributed by atoms with Crippen molar-refractivity contribution in [2.75, 3.05) is 6.54 Å². The zero-order valence-corrected chi connectivity index (χ0v) is 20.7. The summed E-state index contributed by atoms with van der Waals surface area (Å²) in [6.45, 7) is 9.83. The normalized spacial score (nSPS) is 11.2. The fourth-order valence-corrected chi connectivity index (χ4v) is 2.72. The fraction of sp³-hybridized carbons (Fsp3) is 0.348. The van der Waals surface area contributed by atoms with Gasteiger partial charge in [0, 0.05) is 24.4 Å². The van der Waals surface area contributed by atoms with E-state index in [0.29, 0.717) is 30.8 Å². The van der Waals surface area contributed by atoms with E-state index in [1.807, 2.05) is 57.2 Å². The number of aromatic nitrogens is 2. The Kier molecular flexibility index (Phi) is 9.77. The Morgan fingerprint density at radius 3 is 2.55 bits per heavy atom. The van der Waals surface area contributed by atoms with Gasteiger partial charge in [0.2, 0.25) is 11.8 Å². The van der Waals surface area contributed by atoms with Crippen molar-refractivity contribution in [3.63, 3.8) is 0 Å². The minimum absolute atomic E-state index is 0. The lowest BCUT2D eigenvalue weighted by atomic mass is 10.1. The van der Waals surface area contributed by atoms with E-state index < -0.39 is 0 Å². The second-order valence-electron chi connectivity index (χ2n) is 7.23. The Hall–Kier alpha value is -2.62. The fourth-order valence-electron chi connectivity index (χ4n) is 2.72. The predicted molar refractivity (Wildman–Crippen MR) is 134 cm³/mol. The molecule has 31 heavy (non-hydrogen) atoms. The lowest BCUT2D eigenvalue weighted by Gasteiger charge is -2.10. The molecule has 8 heteroatoms. The molecule has 0 saturated heterocycles. The van der Waals surface area contributed by atoms with E-state index in [2.05, 4.69) is 32.5 Å². The SMILES string of the molecule is CCNC(=NCc1ccc(OC(C)C)nc1)NCc1coc(-c2ccc(C)cc2)n1.I. The van der Waals surface area contributed by atoms with Crippen molar-refractivity contribution in [1.29, 1.82) is 0 Å². The molecular formula is C23H30IN5O2. The molecule has 0 aliphatic rings. The Bertz CT molecular complexity index is 953. The molecule has 0 aliphatic heterocycles. The third-order valence-corrected chi connectivity index (χ3v) is 4.21. The highest BCUT2D eigenvalue weighted by Gasteiger charge is 2.07. The highest BCUT2D eigenvalue weighted by molar-refractivity contribution is 14.0. The average Bonchev–Trinajstić information content (AvgIpc) is 3.20. The van der Waals surface area contributed by atoms with Gasteiger partial charge in [0.25, 0.3) is 0 Å². The predicted octanol–water partition coefficient (Wildman–Crippen LogP) is 4.71. The highest BCUT2D eigenvalue weighted by atomic mass is 127. The molecule has 0 aliphatic carbocycles. The smallest absolute Gasteiger partial charge is 0.226 e. The van der Waals surface area contributed by atoms with Crippen LogP contribution in [-0.4, -0.2) is 28.6 Å². The summed E-state index contributed by atoms with van der Waals surface area (Å²) in [5.41, 5.74) is 3.99. The summed E-state index contributed by atoms with van der Waals surface area (Å²) in [5, 5.41) is 6.53. The molecule has 0 bridgehead atoms. The molecule has 0 atom stereocenters. The van der Waals surface area contributed by atoms with Gasteiger partial charge < -0.3 is 19.8 Å². The maximum atomic E-state index is 5.62. The number of ether oxygens (including phenoxy) is 1. The van der Waals surface area contributed by atoms with Crippen LogP contribution in [0.25, 0.3) is 11.5 Å². The van der Waals surface area contributed by atoms with Gasteiger partial charge in [0.05, 0.1) is 24.9 Å². The third-order valence-electron chi connectivity index (χ3n) is 4.21. The molecule has 0 amide bonds. The lowest BCUT2D eigenvalue weighted by molar-refractivity contribution is 0.232. The molecule has 2 aromatic heterocycles. The molecule has 0 spiro atoms. The number of hydrogen-bond donors (Lipinski definition) is 2. The number of halogens is 1. The van der Waals surface area contributed by atoms with Crippen LogP contribution < -0.4 is 15.4 Å². The van der Waals surface area contributed by atoms with E-state index in [4.69, 9.17) is 9.15 Å². The monoisotopic (exact) mass is 535 g/mol. The van der Waals surface area contributed by atoms with E-state index >= 15 is 0 Å². The van der Waals surface area contributed by atoms with Gasteiger partial charge in [-0.2, -0.15) is 0 Å². The first-order valence-corrected chi connectivity index (χ1v) is 10.2. The van der Waals surface area contributed by atoms with E-state index in [0.717, 1.165) is 23.4 Å². The molecule has 2 N–H and O–H groups in total. The molecule has 0 fully saturated rings. The number of benzene rings is 1. The van der Waals surface area contributed by atoms with Gasteiger partial charge in [-0.1, -0.05) is 23.8 Å².